The van der Waals surface area contributed by atoms with Crippen molar-refractivity contribution in [1.29, 1.82) is 0 Å². The maximum atomic E-state index is 13.3. The molecule has 1 aliphatic rings. The van der Waals surface area contributed by atoms with Gasteiger partial charge in [-0.2, -0.15) is 0 Å². The number of rotatable bonds is 7. The van der Waals surface area contributed by atoms with E-state index in [2.05, 4.69) is 29.2 Å². The third kappa shape index (κ3) is 5.16. The van der Waals surface area contributed by atoms with Crippen molar-refractivity contribution in [2.45, 2.75) is 31.8 Å². The van der Waals surface area contributed by atoms with Gasteiger partial charge in [-0.1, -0.05) is 42.5 Å². The summed E-state index contributed by atoms with van der Waals surface area (Å²) in [5.74, 6) is -0.0231. The van der Waals surface area contributed by atoms with Crippen molar-refractivity contribution in [2.75, 3.05) is 19.6 Å². The topological polar surface area (TPSA) is 36.7 Å². The van der Waals surface area contributed by atoms with Crippen LogP contribution in [0.15, 0.2) is 77.4 Å². The number of hydrogen-bond donors (Lipinski definition) is 0. The number of nitrogens with zero attached hydrogens (tertiary/aromatic N) is 2. The zero-order valence-electron chi connectivity index (χ0n) is 17.0. The molecule has 0 saturated carbocycles. The van der Waals surface area contributed by atoms with E-state index >= 15 is 0 Å². The summed E-state index contributed by atoms with van der Waals surface area (Å²) in [6.45, 7) is 3.40. The van der Waals surface area contributed by atoms with Crippen molar-refractivity contribution < 1.29 is 13.6 Å². The number of carbonyl (C=O) groups is 1. The fourth-order valence-corrected chi connectivity index (χ4v) is 4.08. The summed E-state index contributed by atoms with van der Waals surface area (Å²) in [4.78, 5) is 17.5. The van der Waals surface area contributed by atoms with Crippen LogP contribution in [0.25, 0.3) is 0 Å². The Hall–Kier alpha value is -2.92. The summed E-state index contributed by atoms with van der Waals surface area (Å²) in [6, 6.07) is 20.5. The van der Waals surface area contributed by atoms with Gasteiger partial charge in [-0.25, -0.2) is 4.39 Å². The summed E-state index contributed by atoms with van der Waals surface area (Å²) in [5, 5.41) is 0. The number of hydrogen-bond acceptors (Lipinski definition) is 3. The fourth-order valence-electron chi connectivity index (χ4n) is 4.08. The van der Waals surface area contributed by atoms with Crippen LogP contribution in [-0.4, -0.2) is 41.4 Å². The average Bonchev–Trinajstić information content (AvgIpc) is 3.33. The molecule has 4 rings (SSSR count). The molecule has 1 aliphatic heterocycles. The van der Waals surface area contributed by atoms with E-state index in [9.17, 15) is 9.18 Å². The molecule has 1 fully saturated rings. The van der Waals surface area contributed by atoms with Crippen molar-refractivity contribution in [3.8, 4) is 0 Å². The highest BCUT2D eigenvalue weighted by molar-refractivity contribution is 5.91. The molecule has 0 bridgehead atoms. The second-order valence-electron chi connectivity index (χ2n) is 7.85. The van der Waals surface area contributed by atoms with E-state index in [0.717, 1.165) is 44.5 Å². The van der Waals surface area contributed by atoms with Crippen molar-refractivity contribution in [1.82, 2.24) is 9.80 Å². The Morgan fingerprint density at radius 3 is 2.37 bits per heavy atom. The molecule has 2 heterocycles. The van der Waals surface area contributed by atoms with Crippen LogP contribution in [0.1, 0.15) is 34.5 Å². The third-order valence-electron chi connectivity index (χ3n) is 5.82. The zero-order valence-corrected chi connectivity index (χ0v) is 17.0. The number of benzene rings is 2. The van der Waals surface area contributed by atoms with E-state index in [4.69, 9.17) is 4.42 Å². The van der Waals surface area contributed by atoms with Gasteiger partial charge in [0, 0.05) is 32.2 Å². The van der Waals surface area contributed by atoms with E-state index in [1.54, 1.807) is 24.3 Å². The Bertz CT molecular complexity index is 918. The van der Waals surface area contributed by atoms with Crippen LogP contribution in [0.2, 0.25) is 0 Å². The number of halogens is 1. The molecule has 0 unspecified atom stereocenters. The first kappa shape index (κ1) is 20.4. The van der Waals surface area contributed by atoms with Crippen LogP contribution in [-0.2, 0) is 13.0 Å². The Morgan fingerprint density at radius 2 is 1.70 bits per heavy atom. The largest absolute Gasteiger partial charge is 0.459 e. The first-order valence-electron chi connectivity index (χ1n) is 10.5. The third-order valence-corrected chi connectivity index (χ3v) is 5.82. The second kappa shape index (κ2) is 9.72. The van der Waals surface area contributed by atoms with Gasteiger partial charge < -0.3 is 14.2 Å². The van der Waals surface area contributed by atoms with Crippen molar-refractivity contribution in [3.63, 3.8) is 0 Å². The average molecular weight is 407 g/mol. The van der Waals surface area contributed by atoms with Gasteiger partial charge in [-0.15, -0.1) is 0 Å². The van der Waals surface area contributed by atoms with Crippen LogP contribution >= 0.6 is 0 Å². The molecular weight excluding hydrogens is 379 g/mol. The summed E-state index contributed by atoms with van der Waals surface area (Å²) in [5.41, 5.74) is 2.27. The molecule has 1 saturated heterocycles. The van der Waals surface area contributed by atoms with Crippen LogP contribution in [0.5, 0.6) is 0 Å². The molecule has 3 aromatic rings. The molecular formula is C25H27FN2O2. The molecule has 4 nitrogen and oxygen atoms in total. The van der Waals surface area contributed by atoms with Crippen LogP contribution in [0.4, 0.5) is 4.39 Å². The lowest BCUT2D eigenvalue weighted by Gasteiger charge is -2.38. The van der Waals surface area contributed by atoms with Gasteiger partial charge >= 0.3 is 0 Å². The Balaban J connectivity index is 1.39. The summed E-state index contributed by atoms with van der Waals surface area (Å²) >= 11 is 0. The lowest BCUT2D eigenvalue weighted by Crippen LogP contribution is -2.47. The molecule has 0 radical (unpaired) electrons. The minimum atomic E-state index is -0.269. The number of likely N-dealkylation sites (tertiary alicyclic amines) is 1. The SMILES string of the molecule is O=C(c1ccco1)N(Cc1ccc(F)cc1)C1CCN(CCc2ccccc2)CC1. The minimum absolute atomic E-state index is 0.105. The fraction of sp³-hybridized carbons (Fsp3) is 0.320. The molecule has 0 spiro atoms. The highest BCUT2D eigenvalue weighted by atomic mass is 19.1. The second-order valence-corrected chi connectivity index (χ2v) is 7.85. The predicted molar refractivity (Wildman–Crippen MR) is 115 cm³/mol. The summed E-state index contributed by atoms with van der Waals surface area (Å²) in [7, 11) is 0. The Kier molecular flexibility index (Phi) is 6.60. The van der Waals surface area contributed by atoms with Crippen molar-refractivity contribution in [2.24, 2.45) is 0 Å². The lowest BCUT2D eigenvalue weighted by molar-refractivity contribution is 0.0520. The van der Waals surface area contributed by atoms with Crippen molar-refractivity contribution in [3.05, 3.63) is 95.7 Å². The molecule has 2 aromatic carbocycles. The number of furan rings is 1. The maximum Gasteiger partial charge on any atom is 0.290 e. The first-order valence-corrected chi connectivity index (χ1v) is 10.5. The van der Waals surface area contributed by atoms with Crippen LogP contribution < -0.4 is 0 Å². The standard InChI is InChI=1S/C25H27FN2O2/c26-22-10-8-21(9-11-22)19-28(25(29)24-7-4-18-30-24)23-13-16-27(17-14-23)15-12-20-5-2-1-3-6-20/h1-11,18,23H,12-17,19H2. The van der Waals surface area contributed by atoms with Gasteiger partial charge in [0.1, 0.15) is 5.82 Å². The highest BCUT2D eigenvalue weighted by Crippen LogP contribution is 2.22. The normalized spacial score (nSPS) is 15.2. The molecule has 5 heteroatoms. The van der Waals surface area contributed by atoms with Gasteiger partial charge in [-0.05, 0) is 54.7 Å². The Labute approximate surface area is 176 Å². The molecule has 0 aliphatic carbocycles. The van der Waals surface area contributed by atoms with E-state index in [-0.39, 0.29) is 17.8 Å². The maximum absolute atomic E-state index is 13.3. The quantitative estimate of drug-likeness (QED) is 0.567. The van der Waals surface area contributed by atoms with E-state index in [1.165, 1.54) is 24.0 Å². The summed E-state index contributed by atoms with van der Waals surface area (Å²) in [6.07, 6.45) is 4.40. The van der Waals surface area contributed by atoms with E-state index in [1.807, 2.05) is 11.0 Å². The molecule has 30 heavy (non-hydrogen) atoms. The van der Waals surface area contributed by atoms with Crippen LogP contribution in [0, 0.1) is 5.82 Å². The van der Waals surface area contributed by atoms with Gasteiger partial charge in [0.15, 0.2) is 5.76 Å². The van der Waals surface area contributed by atoms with Gasteiger partial charge in [0.05, 0.1) is 6.26 Å². The molecule has 1 aromatic heterocycles. The lowest BCUT2D eigenvalue weighted by atomic mass is 10.0. The van der Waals surface area contributed by atoms with E-state index in [0.29, 0.717) is 12.3 Å². The number of amides is 1. The van der Waals surface area contributed by atoms with Crippen LogP contribution in [0.3, 0.4) is 0 Å². The van der Waals surface area contributed by atoms with Crippen molar-refractivity contribution >= 4 is 5.91 Å². The van der Waals surface area contributed by atoms with Gasteiger partial charge in [-0.3, -0.25) is 4.79 Å². The number of carbonyl (C=O) groups excluding carboxylic acids is 1. The van der Waals surface area contributed by atoms with E-state index < -0.39 is 0 Å². The minimum Gasteiger partial charge on any atom is -0.459 e. The summed E-state index contributed by atoms with van der Waals surface area (Å²) < 4.78 is 18.7. The Morgan fingerprint density at radius 1 is 0.967 bits per heavy atom. The zero-order chi connectivity index (χ0) is 20.8. The monoisotopic (exact) mass is 406 g/mol. The first-order chi connectivity index (χ1) is 14.7. The molecule has 1 amide bonds. The predicted octanol–water partition coefficient (Wildman–Crippen LogP) is 4.77. The highest BCUT2D eigenvalue weighted by Gasteiger charge is 2.29. The molecule has 0 N–H and O–H groups in total. The smallest absolute Gasteiger partial charge is 0.290 e. The molecule has 0 atom stereocenters. The number of piperidine rings is 1. The molecule has 156 valence electrons. The van der Waals surface area contributed by atoms with Gasteiger partial charge in [0.25, 0.3) is 5.91 Å². The van der Waals surface area contributed by atoms with Gasteiger partial charge in [0.2, 0.25) is 0 Å².